The van der Waals surface area contributed by atoms with Crippen molar-refractivity contribution in [1.82, 2.24) is 9.80 Å². The summed E-state index contributed by atoms with van der Waals surface area (Å²) in [6, 6.07) is 10.2. The van der Waals surface area contributed by atoms with Gasteiger partial charge in [-0.05, 0) is 48.2 Å². The molecule has 1 aliphatic heterocycles. The van der Waals surface area contributed by atoms with Crippen LogP contribution >= 0.6 is 35.1 Å². The molecule has 0 bridgehead atoms. The Hall–Kier alpha value is -1.67. The van der Waals surface area contributed by atoms with Crippen LogP contribution in [0, 0.1) is 5.82 Å². The maximum Gasteiger partial charge on any atom is 0.264 e. The third-order valence-electron chi connectivity index (χ3n) is 4.72. The van der Waals surface area contributed by atoms with Gasteiger partial charge >= 0.3 is 0 Å². The summed E-state index contributed by atoms with van der Waals surface area (Å²) < 4.78 is 21.0. The van der Waals surface area contributed by atoms with E-state index in [4.69, 9.17) is 4.74 Å². The second-order valence-electron chi connectivity index (χ2n) is 6.55. The molecule has 0 atom stereocenters. The fourth-order valence-electron chi connectivity index (χ4n) is 3.25. The average Bonchev–Trinajstić information content (AvgIpc) is 3.19. The van der Waals surface area contributed by atoms with E-state index in [-0.39, 0.29) is 24.1 Å². The number of carbonyl (C=O) groups excluding carboxylic acids is 1. The predicted octanol–water partition coefficient (Wildman–Crippen LogP) is 4.75. The molecule has 8 heteroatoms. The van der Waals surface area contributed by atoms with E-state index >= 15 is 0 Å². The summed E-state index contributed by atoms with van der Waals surface area (Å²) in [5, 5.41) is 2.06. The first-order valence-electron chi connectivity index (χ1n) is 9.06. The number of halogens is 2. The van der Waals surface area contributed by atoms with Gasteiger partial charge in [-0.1, -0.05) is 0 Å². The van der Waals surface area contributed by atoms with Crippen molar-refractivity contribution in [1.29, 1.82) is 0 Å². The van der Waals surface area contributed by atoms with Crippen LogP contribution in [0.2, 0.25) is 0 Å². The Morgan fingerprint density at radius 2 is 1.89 bits per heavy atom. The molecule has 0 N–H and O–H groups in total. The topological polar surface area (TPSA) is 32.8 Å². The molecule has 1 saturated heterocycles. The van der Waals surface area contributed by atoms with Crippen LogP contribution in [0.1, 0.15) is 16.1 Å². The van der Waals surface area contributed by atoms with Crippen LogP contribution in [0.15, 0.2) is 41.8 Å². The summed E-state index contributed by atoms with van der Waals surface area (Å²) in [6.07, 6.45) is 0.960. The summed E-state index contributed by atoms with van der Waals surface area (Å²) in [5.41, 5.74) is 0. The molecule has 3 aromatic rings. The number of nitrogens with zero attached hydrogens (tertiary/aromatic N) is 2. The van der Waals surface area contributed by atoms with Gasteiger partial charge in [-0.15, -0.1) is 35.1 Å². The average molecular weight is 441 g/mol. The Bertz CT molecular complexity index is 884. The molecule has 0 unspecified atom stereocenters. The molecule has 2 aromatic heterocycles. The summed E-state index contributed by atoms with van der Waals surface area (Å²) in [7, 11) is 0. The third-order valence-corrected chi connectivity index (χ3v) is 6.80. The van der Waals surface area contributed by atoms with Gasteiger partial charge in [0.05, 0.1) is 4.88 Å². The van der Waals surface area contributed by atoms with Gasteiger partial charge < -0.3 is 9.64 Å². The number of benzene rings is 1. The van der Waals surface area contributed by atoms with E-state index in [1.54, 1.807) is 34.8 Å². The monoisotopic (exact) mass is 440 g/mol. The van der Waals surface area contributed by atoms with Crippen LogP contribution in [0.4, 0.5) is 4.39 Å². The maximum atomic E-state index is 12.9. The number of rotatable bonds is 5. The van der Waals surface area contributed by atoms with Crippen LogP contribution in [0.25, 0.3) is 9.40 Å². The van der Waals surface area contributed by atoms with E-state index in [0.29, 0.717) is 12.4 Å². The van der Waals surface area contributed by atoms with Crippen molar-refractivity contribution in [2.75, 3.05) is 39.3 Å². The molecule has 0 aliphatic carbocycles. The molecule has 3 heterocycles. The lowest BCUT2D eigenvalue weighted by Gasteiger charge is -2.21. The van der Waals surface area contributed by atoms with E-state index in [9.17, 15) is 9.18 Å². The van der Waals surface area contributed by atoms with Gasteiger partial charge in [-0.2, -0.15) is 0 Å². The molecule has 4 rings (SSSR count). The number of hydrogen-bond donors (Lipinski definition) is 0. The highest BCUT2D eigenvalue weighted by atomic mass is 35.5. The Morgan fingerprint density at radius 1 is 1.07 bits per heavy atom. The van der Waals surface area contributed by atoms with E-state index in [2.05, 4.69) is 16.3 Å². The molecule has 1 fully saturated rings. The zero-order valence-corrected chi connectivity index (χ0v) is 17.8. The Kier molecular flexibility index (Phi) is 7.29. The van der Waals surface area contributed by atoms with Crippen LogP contribution in [0.5, 0.6) is 5.75 Å². The minimum absolute atomic E-state index is 0. The van der Waals surface area contributed by atoms with Crippen LogP contribution in [-0.4, -0.2) is 55.0 Å². The molecule has 0 saturated carbocycles. The molecule has 0 radical (unpaired) electrons. The highest BCUT2D eigenvalue weighted by molar-refractivity contribution is 7.27. The minimum Gasteiger partial charge on any atom is -0.492 e. The number of hydrogen-bond acceptors (Lipinski definition) is 5. The predicted molar refractivity (Wildman–Crippen MR) is 116 cm³/mol. The lowest BCUT2D eigenvalue weighted by atomic mass is 10.3. The van der Waals surface area contributed by atoms with Crippen molar-refractivity contribution in [2.45, 2.75) is 6.42 Å². The minimum atomic E-state index is -0.259. The highest BCUT2D eigenvalue weighted by Crippen LogP contribution is 2.30. The Morgan fingerprint density at radius 3 is 2.68 bits per heavy atom. The molecule has 1 amide bonds. The first-order valence-corrected chi connectivity index (χ1v) is 10.8. The zero-order valence-electron chi connectivity index (χ0n) is 15.3. The molecule has 150 valence electrons. The lowest BCUT2D eigenvalue weighted by Crippen LogP contribution is -2.36. The Balaban J connectivity index is 0.00000225. The van der Waals surface area contributed by atoms with Gasteiger partial charge in [0.2, 0.25) is 0 Å². The lowest BCUT2D eigenvalue weighted by molar-refractivity contribution is 0.0765. The maximum absolute atomic E-state index is 12.9. The van der Waals surface area contributed by atoms with E-state index < -0.39 is 0 Å². The largest absolute Gasteiger partial charge is 0.492 e. The van der Waals surface area contributed by atoms with Crippen molar-refractivity contribution >= 4 is 50.4 Å². The van der Waals surface area contributed by atoms with Crippen LogP contribution in [-0.2, 0) is 0 Å². The molecule has 28 heavy (non-hydrogen) atoms. The fourth-order valence-corrected chi connectivity index (χ4v) is 5.32. The smallest absolute Gasteiger partial charge is 0.264 e. The summed E-state index contributed by atoms with van der Waals surface area (Å²) in [4.78, 5) is 18.0. The van der Waals surface area contributed by atoms with Gasteiger partial charge in [-0.25, -0.2) is 4.39 Å². The molecule has 1 aromatic carbocycles. The Labute approximate surface area is 177 Å². The number of fused-ring (bicyclic) bond motifs is 1. The second-order valence-corrected chi connectivity index (χ2v) is 8.58. The number of ether oxygens (including phenoxy) is 1. The SMILES string of the molecule is Cl.O=C(c1cc2sccc2s1)N1CCCN(CCOc2ccc(F)cc2)CC1. The van der Waals surface area contributed by atoms with Gasteiger partial charge in [0.15, 0.2) is 0 Å². The van der Waals surface area contributed by atoms with Crippen molar-refractivity contribution in [3.8, 4) is 5.75 Å². The fraction of sp³-hybridized carbons (Fsp3) is 0.350. The van der Waals surface area contributed by atoms with Gasteiger partial charge in [0.1, 0.15) is 18.2 Å². The summed E-state index contributed by atoms with van der Waals surface area (Å²) >= 11 is 3.27. The number of thiophene rings is 2. The summed E-state index contributed by atoms with van der Waals surface area (Å²) in [6.45, 7) is 4.68. The molecule has 4 nitrogen and oxygen atoms in total. The normalized spacial score (nSPS) is 15.2. The van der Waals surface area contributed by atoms with Gasteiger partial charge in [-0.3, -0.25) is 9.69 Å². The quantitative estimate of drug-likeness (QED) is 0.574. The standard InChI is InChI=1S/C20H21FN2O2S2.ClH/c21-15-2-4-16(5-3-15)25-12-11-22-7-1-8-23(10-9-22)20(24)19-14-18-17(27-19)6-13-26-18;/h2-6,13-14H,1,7-12H2;1H. The molecular weight excluding hydrogens is 419 g/mol. The van der Waals surface area contributed by atoms with E-state index in [0.717, 1.165) is 44.0 Å². The van der Waals surface area contributed by atoms with Crippen molar-refractivity contribution in [2.24, 2.45) is 0 Å². The van der Waals surface area contributed by atoms with Crippen molar-refractivity contribution < 1.29 is 13.9 Å². The molecule has 0 spiro atoms. The summed E-state index contributed by atoms with van der Waals surface area (Å²) in [5.74, 6) is 0.568. The number of amides is 1. The molecular formula is C20H22ClFN2O2S2. The van der Waals surface area contributed by atoms with Crippen molar-refractivity contribution in [3.05, 3.63) is 52.5 Å². The van der Waals surface area contributed by atoms with Gasteiger partial charge in [0, 0.05) is 42.1 Å². The third kappa shape index (κ3) is 5.03. The first-order chi connectivity index (χ1) is 13.2. The highest BCUT2D eigenvalue weighted by Gasteiger charge is 2.22. The van der Waals surface area contributed by atoms with Crippen molar-refractivity contribution in [3.63, 3.8) is 0 Å². The second kappa shape index (κ2) is 9.69. The number of carbonyl (C=O) groups is 1. The van der Waals surface area contributed by atoms with E-state index in [1.165, 1.54) is 21.5 Å². The first kappa shape index (κ1) is 21.0. The van der Waals surface area contributed by atoms with Crippen LogP contribution < -0.4 is 4.74 Å². The van der Waals surface area contributed by atoms with Crippen LogP contribution in [0.3, 0.4) is 0 Å². The zero-order chi connectivity index (χ0) is 18.6. The molecule has 1 aliphatic rings. The van der Waals surface area contributed by atoms with Gasteiger partial charge in [0.25, 0.3) is 5.91 Å². The van der Waals surface area contributed by atoms with E-state index in [1.807, 2.05) is 11.0 Å².